The van der Waals surface area contributed by atoms with Gasteiger partial charge in [-0.25, -0.2) is 0 Å². The number of rotatable bonds is 4. The van der Waals surface area contributed by atoms with Crippen LogP contribution in [0.5, 0.6) is 0 Å². The predicted molar refractivity (Wildman–Crippen MR) is 58.6 cm³/mol. The number of hydrogen-bond acceptors (Lipinski definition) is 4. The first kappa shape index (κ1) is 11.1. The van der Waals surface area contributed by atoms with Crippen LogP contribution in [0.4, 0.5) is 0 Å². The van der Waals surface area contributed by atoms with Gasteiger partial charge in [-0.2, -0.15) is 0 Å². The lowest BCUT2D eigenvalue weighted by atomic mass is 10.0. The summed E-state index contributed by atoms with van der Waals surface area (Å²) in [4.78, 5) is 11.8. The molecule has 2 rings (SSSR count). The van der Waals surface area contributed by atoms with Gasteiger partial charge in [0.05, 0.1) is 18.7 Å². The summed E-state index contributed by atoms with van der Waals surface area (Å²) in [6, 6.07) is 0.284. The third kappa shape index (κ3) is 2.57. The number of hydrogen-bond donors (Lipinski definition) is 2. The van der Waals surface area contributed by atoms with Gasteiger partial charge < -0.3 is 10.6 Å². The molecule has 0 bridgehead atoms. The Morgan fingerprint density at radius 2 is 2.56 bits per heavy atom. The molecule has 0 spiro atoms. The highest BCUT2D eigenvalue weighted by Crippen LogP contribution is 2.14. The Kier molecular flexibility index (Phi) is 3.51. The topological polar surface area (TPSA) is 71.8 Å². The second-order valence-electron chi connectivity index (χ2n) is 4.10. The Morgan fingerprint density at radius 1 is 1.69 bits per heavy atom. The molecule has 2 atom stereocenters. The zero-order valence-electron chi connectivity index (χ0n) is 9.39. The molecule has 0 radical (unpaired) electrons. The SMILES string of the molecule is CC1NCCC1C(=O)NCCn1ccnn1. The Hall–Kier alpha value is -1.43. The predicted octanol–water partition coefficient (Wildman–Crippen LogP) is -0.608. The second kappa shape index (κ2) is 5.07. The Labute approximate surface area is 94.4 Å². The van der Waals surface area contributed by atoms with E-state index in [-0.39, 0.29) is 17.9 Å². The van der Waals surface area contributed by atoms with Crippen molar-refractivity contribution >= 4 is 5.91 Å². The molecule has 6 heteroatoms. The summed E-state index contributed by atoms with van der Waals surface area (Å²) in [6.07, 6.45) is 4.34. The third-order valence-corrected chi connectivity index (χ3v) is 2.97. The minimum absolute atomic E-state index is 0.107. The monoisotopic (exact) mass is 223 g/mol. The molecule has 16 heavy (non-hydrogen) atoms. The van der Waals surface area contributed by atoms with Crippen LogP contribution in [-0.4, -0.2) is 40.0 Å². The molecule has 1 amide bonds. The second-order valence-corrected chi connectivity index (χ2v) is 4.10. The molecule has 1 fully saturated rings. The third-order valence-electron chi connectivity index (χ3n) is 2.97. The molecular weight excluding hydrogens is 206 g/mol. The smallest absolute Gasteiger partial charge is 0.224 e. The van der Waals surface area contributed by atoms with E-state index in [1.807, 2.05) is 0 Å². The summed E-state index contributed by atoms with van der Waals surface area (Å²) in [6.45, 7) is 4.25. The Morgan fingerprint density at radius 3 is 3.19 bits per heavy atom. The van der Waals surface area contributed by atoms with Gasteiger partial charge in [0, 0.05) is 18.8 Å². The molecule has 0 aliphatic carbocycles. The molecule has 2 heterocycles. The van der Waals surface area contributed by atoms with Gasteiger partial charge in [0.25, 0.3) is 0 Å². The van der Waals surface area contributed by atoms with Crippen LogP contribution in [0.1, 0.15) is 13.3 Å². The zero-order chi connectivity index (χ0) is 11.4. The molecule has 2 N–H and O–H groups in total. The zero-order valence-corrected chi connectivity index (χ0v) is 9.39. The summed E-state index contributed by atoms with van der Waals surface area (Å²) in [5.74, 6) is 0.244. The summed E-state index contributed by atoms with van der Waals surface area (Å²) in [5, 5.41) is 13.7. The van der Waals surface area contributed by atoms with E-state index in [0.29, 0.717) is 13.1 Å². The number of carbonyl (C=O) groups excluding carboxylic acids is 1. The van der Waals surface area contributed by atoms with Crippen LogP contribution in [0, 0.1) is 5.92 Å². The number of amides is 1. The normalized spacial score (nSPS) is 24.6. The van der Waals surface area contributed by atoms with Crippen LogP contribution >= 0.6 is 0 Å². The molecule has 1 aliphatic rings. The van der Waals surface area contributed by atoms with Crippen molar-refractivity contribution in [1.29, 1.82) is 0 Å². The lowest BCUT2D eigenvalue weighted by Gasteiger charge is -2.14. The van der Waals surface area contributed by atoms with Crippen molar-refractivity contribution in [3.05, 3.63) is 12.4 Å². The molecule has 0 saturated carbocycles. The molecule has 6 nitrogen and oxygen atoms in total. The molecule has 1 aromatic rings. The van der Waals surface area contributed by atoms with E-state index in [1.165, 1.54) is 0 Å². The average molecular weight is 223 g/mol. The highest BCUT2D eigenvalue weighted by Gasteiger charge is 2.28. The highest BCUT2D eigenvalue weighted by atomic mass is 16.1. The Bertz CT molecular complexity index is 337. The fourth-order valence-electron chi connectivity index (χ4n) is 1.99. The average Bonchev–Trinajstić information content (AvgIpc) is 2.88. The van der Waals surface area contributed by atoms with Crippen LogP contribution in [0.25, 0.3) is 0 Å². The first-order valence-corrected chi connectivity index (χ1v) is 5.62. The van der Waals surface area contributed by atoms with Crippen molar-refractivity contribution in [2.45, 2.75) is 25.9 Å². The maximum Gasteiger partial charge on any atom is 0.224 e. The van der Waals surface area contributed by atoms with E-state index in [9.17, 15) is 4.79 Å². The first-order valence-electron chi connectivity index (χ1n) is 5.62. The van der Waals surface area contributed by atoms with Crippen LogP contribution in [0.15, 0.2) is 12.4 Å². The van der Waals surface area contributed by atoms with Gasteiger partial charge in [-0.05, 0) is 19.9 Å². The van der Waals surface area contributed by atoms with Gasteiger partial charge in [-0.3, -0.25) is 9.48 Å². The van der Waals surface area contributed by atoms with E-state index in [0.717, 1.165) is 13.0 Å². The molecule has 0 aromatic carbocycles. The van der Waals surface area contributed by atoms with Gasteiger partial charge in [0.1, 0.15) is 0 Å². The van der Waals surface area contributed by atoms with Gasteiger partial charge >= 0.3 is 0 Å². The van der Waals surface area contributed by atoms with Gasteiger partial charge in [0.15, 0.2) is 0 Å². The van der Waals surface area contributed by atoms with Crippen molar-refractivity contribution in [1.82, 2.24) is 25.6 Å². The minimum Gasteiger partial charge on any atom is -0.354 e. The van der Waals surface area contributed by atoms with Gasteiger partial charge in [-0.1, -0.05) is 5.21 Å². The molecule has 2 unspecified atom stereocenters. The maximum absolute atomic E-state index is 11.8. The first-order chi connectivity index (χ1) is 7.77. The van der Waals surface area contributed by atoms with Crippen molar-refractivity contribution in [2.24, 2.45) is 5.92 Å². The number of nitrogens with zero attached hydrogens (tertiary/aromatic N) is 3. The quantitative estimate of drug-likeness (QED) is 0.714. The van der Waals surface area contributed by atoms with Crippen LogP contribution < -0.4 is 10.6 Å². The van der Waals surface area contributed by atoms with E-state index >= 15 is 0 Å². The molecule has 1 aromatic heterocycles. The van der Waals surface area contributed by atoms with Crippen molar-refractivity contribution < 1.29 is 4.79 Å². The number of nitrogens with one attached hydrogen (secondary N) is 2. The summed E-state index contributed by atoms with van der Waals surface area (Å²) in [5.41, 5.74) is 0. The molecule has 88 valence electrons. The van der Waals surface area contributed by atoms with Crippen LogP contribution in [-0.2, 0) is 11.3 Å². The Balaban J connectivity index is 1.71. The van der Waals surface area contributed by atoms with E-state index in [1.54, 1.807) is 17.1 Å². The van der Waals surface area contributed by atoms with Crippen LogP contribution in [0.3, 0.4) is 0 Å². The standard InChI is InChI=1S/C10H17N5O/c1-8-9(2-3-11-8)10(16)12-4-6-15-7-5-13-14-15/h5,7-9,11H,2-4,6H2,1H3,(H,12,16). The molecule has 1 aliphatic heterocycles. The maximum atomic E-state index is 11.8. The van der Waals surface area contributed by atoms with E-state index in [2.05, 4.69) is 27.9 Å². The lowest BCUT2D eigenvalue weighted by molar-refractivity contribution is -0.125. The lowest BCUT2D eigenvalue weighted by Crippen LogP contribution is -2.38. The van der Waals surface area contributed by atoms with Crippen molar-refractivity contribution in [2.75, 3.05) is 13.1 Å². The van der Waals surface area contributed by atoms with Gasteiger partial charge in [-0.15, -0.1) is 5.10 Å². The summed E-state index contributed by atoms with van der Waals surface area (Å²) in [7, 11) is 0. The van der Waals surface area contributed by atoms with E-state index in [4.69, 9.17) is 0 Å². The summed E-state index contributed by atoms with van der Waals surface area (Å²) >= 11 is 0. The minimum atomic E-state index is 0.107. The summed E-state index contributed by atoms with van der Waals surface area (Å²) < 4.78 is 1.70. The number of aromatic nitrogens is 3. The van der Waals surface area contributed by atoms with Crippen LogP contribution in [0.2, 0.25) is 0 Å². The van der Waals surface area contributed by atoms with E-state index < -0.39 is 0 Å². The van der Waals surface area contributed by atoms with Crippen molar-refractivity contribution in [3.8, 4) is 0 Å². The highest BCUT2D eigenvalue weighted by molar-refractivity contribution is 5.79. The van der Waals surface area contributed by atoms with Crippen molar-refractivity contribution in [3.63, 3.8) is 0 Å². The molecular formula is C10H17N5O. The molecule has 1 saturated heterocycles. The largest absolute Gasteiger partial charge is 0.354 e. The fourth-order valence-corrected chi connectivity index (χ4v) is 1.99. The fraction of sp³-hybridized carbons (Fsp3) is 0.700. The van der Waals surface area contributed by atoms with Gasteiger partial charge in [0.2, 0.25) is 5.91 Å². The number of carbonyl (C=O) groups is 1.